The largest absolute Gasteiger partial charge is 0.368 e. The Morgan fingerprint density at radius 1 is 1.33 bits per heavy atom. The fourth-order valence-corrected chi connectivity index (χ4v) is 4.26. The molecule has 30 heavy (non-hydrogen) atoms. The topological polar surface area (TPSA) is 67.4 Å². The van der Waals surface area contributed by atoms with Crippen LogP contribution in [0.3, 0.4) is 0 Å². The highest BCUT2D eigenvalue weighted by Crippen LogP contribution is 2.25. The molecule has 4 rings (SSSR count). The number of morpholine rings is 1. The number of hydrogen-bond acceptors (Lipinski definition) is 6. The van der Waals surface area contributed by atoms with E-state index in [-0.39, 0.29) is 12.0 Å². The Labute approximate surface area is 184 Å². The molecule has 156 valence electrons. The van der Waals surface area contributed by atoms with Crippen LogP contribution in [-0.4, -0.2) is 40.5 Å². The van der Waals surface area contributed by atoms with Crippen LogP contribution in [0.1, 0.15) is 28.7 Å². The third-order valence-corrected chi connectivity index (χ3v) is 5.96. The van der Waals surface area contributed by atoms with Crippen molar-refractivity contribution in [2.45, 2.75) is 25.9 Å². The summed E-state index contributed by atoms with van der Waals surface area (Å²) in [6.45, 7) is 3.61. The Hall–Kier alpha value is -2.48. The zero-order chi connectivity index (χ0) is 20.9. The highest BCUT2D eigenvalue weighted by Gasteiger charge is 2.26. The van der Waals surface area contributed by atoms with Crippen molar-refractivity contribution < 1.29 is 9.53 Å². The highest BCUT2D eigenvalue weighted by atomic mass is 35.5. The van der Waals surface area contributed by atoms with Gasteiger partial charge in [-0.15, -0.1) is 11.3 Å². The fourth-order valence-electron chi connectivity index (χ4n) is 3.38. The van der Waals surface area contributed by atoms with E-state index in [0.717, 1.165) is 27.1 Å². The number of halogens is 1. The highest BCUT2D eigenvalue weighted by molar-refractivity contribution is 7.15. The SMILES string of the molecule is Cc1cnc(Nc2cccc(C3CN(C(=O)CCc4cccc(Cl)c4)CCO3)n2)s1. The Morgan fingerprint density at radius 2 is 2.20 bits per heavy atom. The van der Waals surface area contributed by atoms with Crippen molar-refractivity contribution >= 4 is 39.8 Å². The summed E-state index contributed by atoms with van der Waals surface area (Å²) in [5.74, 6) is 0.839. The average molecular weight is 443 g/mol. The van der Waals surface area contributed by atoms with E-state index in [1.807, 2.05) is 60.5 Å². The maximum absolute atomic E-state index is 12.7. The number of hydrogen-bond donors (Lipinski definition) is 1. The molecule has 1 atom stereocenters. The molecule has 1 saturated heterocycles. The number of carbonyl (C=O) groups is 1. The van der Waals surface area contributed by atoms with E-state index < -0.39 is 0 Å². The van der Waals surface area contributed by atoms with Gasteiger partial charge in [0.25, 0.3) is 0 Å². The summed E-state index contributed by atoms with van der Waals surface area (Å²) >= 11 is 7.61. The normalized spacial score (nSPS) is 16.5. The molecule has 0 spiro atoms. The first-order valence-electron chi connectivity index (χ1n) is 9.87. The van der Waals surface area contributed by atoms with Gasteiger partial charge in [-0.1, -0.05) is 29.8 Å². The lowest BCUT2D eigenvalue weighted by atomic mass is 10.1. The Kier molecular flexibility index (Phi) is 6.62. The first-order valence-corrected chi connectivity index (χ1v) is 11.1. The summed E-state index contributed by atoms with van der Waals surface area (Å²) in [6, 6.07) is 13.4. The summed E-state index contributed by atoms with van der Waals surface area (Å²) in [4.78, 5) is 24.7. The van der Waals surface area contributed by atoms with E-state index in [1.165, 1.54) is 0 Å². The number of carbonyl (C=O) groups excluding carboxylic acids is 1. The molecule has 6 nitrogen and oxygen atoms in total. The number of rotatable bonds is 6. The number of aryl methyl sites for hydroxylation is 2. The average Bonchev–Trinajstić information content (AvgIpc) is 3.17. The summed E-state index contributed by atoms with van der Waals surface area (Å²) < 4.78 is 5.92. The van der Waals surface area contributed by atoms with E-state index in [9.17, 15) is 4.79 Å². The molecule has 8 heteroatoms. The third-order valence-electron chi connectivity index (χ3n) is 4.89. The van der Waals surface area contributed by atoms with E-state index in [4.69, 9.17) is 16.3 Å². The molecule has 1 unspecified atom stereocenters. The number of aromatic nitrogens is 2. The Balaban J connectivity index is 1.37. The van der Waals surface area contributed by atoms with Gasteiger partial charge in [-0.2, -0.15) is 0 Å². The maximum atomic E-state index is 12.7. The lowest BCUT2D eigenvalue weighted by Gasteiger charge is -2.33. The number of thiazole rings is 1. The van der Waals surface area contributed by atoms with Crippen molar-refractivity contribution in [3.05, 3.63) is 69.8 Å². The quantitative estimate of drug-likeness (QED) is 0.595. The van der Waals surface area contributed by atoms with Gasteiger partial charge in [0.1, 0.15) is 11.9 Å². The van der Waals surface area contributed by atoms with Crippen molar-refractivity contribution in [1.29, 1.82) is 0 Å². The van der Waals surface area contributed by atoms with Crippen LogP contribution in [0.4, 0.5) is 10.9 Å². The van der Waals surface area contributed by atoms with Crippen LogP contribution in [0.25, 0.3) is 0 Å². The van der Waals surface area contributed by atoms with Gasteiger partial charge in [-0.25, -0.2) is 9.97 Å². The third kappa shape index (κ3) is 5.36. The Bertz CT molecular complexity index is 1030. The van der Waals surface area contributed by atoms with Crippen LogP contribution in [-0.2, 0) is 16.0 Å². The van der Waals surface area contributed by atoms with Crippen molar-refractivity contribution in [3.8, 4) is 0 Å². The molecular weight excluding hydrogens is 420 g/mol. The molecule has 1 N–H and O–H groups in total. The second kappa shape index (κ2) is 9.55. The molecule has 1 aliphatic heterocycles. The zero-order valence-corrected chi connectivity index (χ0v) is 18.2. The zero-order valence-electron chi connectivity index (χ0n) is 16.7. The van der Waals surface area contributed by atoms with Crippen LogP contribution in [0.15, 0.2) is 48.7 Å². The number of nitrogens with zero attached hydrogens (tertiary/aromatic N) is 3. The van der Waals surface area contributed by atoms with Gasteiger partial charge >= 0.3 is 0 Å². The van der Waals surface area contributed by atoms with E-state index >= 15 is 0 Å². The molecule has 1 fully saturated rings. The van der Waals surface area contributed by atoms with Gasteiger partial charge in [0.05, 0.1) is 18.8 Å². The number of amides is 1. The summed E-state index contributed by atoms with van der Waals surface area (Å²) in [7, 11) is 0. The van der Waals surface area contributed by atoms with Gasteiger partial charge in [-0.3, -0.25) is 4.79 Å². The molecule has 1 amide bonds. The number of nitrogens with one attached hydrogen (secondary N) is 1. The molecule has 0 saturated carbocycles. The molecule has 1 aromatic carbocycles. The molecule has 3 aromatic rings. The van der Waals surface area contributed by atoms with E-state index in [2.05, 4.69) is 15.3 Å². The van der Waals surface area contributed by atoms with E-state index in [1.54, 1.807) is 11.3 Å². The monoisotopic (exact) mass is 442 g/mol. The smallest absolute Gasteiger partial charge is 0.223 e. The fraction of sp³-hybridized carbons (Fsp3) is 0.318. The van der Waals surface area contributed by atoms with Crippen LogP contribution in [0.5, 0.6) is 0 Å². The standard InChI is InChI=1S/C22H23ClN4O2S/c1-15-13-24-22(30-15)26-20-7-3-6-18(25-20)19-14-27(10-11-29-19)21(28)9-8-16-4-2-5-17(23)12-16/h2-7,12-13,19H,8-11,14H2,1H3,(H,24,25,26). The number of ether oxygens (including phenoxy) is 1. The maximum Gasteiger partial charge on any atom is 0.223 e. The van der Waals surface area contributed by atoms with Gasteiger partial charge in [0.2, 0.25) is 5.91 Å². The molecular formula is C22H23ClN4O2S. The number of benzene rings is 1. The lowest BCUT2D eigenvalue weighted by molar-refractivity contribution is -0.139. The first kappa shape index (κ1) is 20.8. The summed E-state index contributed by atoms with van der Waals surface area (Å²) in [6.07, 6.45) is 2.71. The molecule has 1 aliphatic rings. The minimum absolute atomic E-state index is 0.121. The van der Waals surface area contributed by atoms with Crippen molar-refractivity contribution in [2.24, 2.45) is 0 Å². The predicted molar refractivity (Wildman–Crippen MR) is 119 cm³/mol. The van der Waals surface area contributed by atoms with Crippen molar-refractivity contribution in [2.75, 3.05) is 25.0 Å². The van der Waals surface area contributed by atoms with Gasteiger partial charge < -0.3 is 15.0 Å². The number of anilines is 2. The van der Waals surface area contributed by atoms with Crippen LogP contribution in [0.2, 0.25) is 5.02 Å². The van der Waals surface area contributed by atoms with Crippen LogP contribution < -0.4 is 5.32 Å². The van der Waals surface area contributed by atoms with Crippen LogP contribution in [0, 0.1) is 6.92 Å². The predicted octanol–water partition coefficient (Wildman–Crippen LogP) is 4.78. The summed E-state index contributed by atoms with van der Waals surface area (Å²) in [5, 5.41) is 4.73. The molecule has 0 bridgehead atoms. The van der Waals surface area contributed by atoms with Gasteiger partial charge in [0, 0.05) is 29.1 Å². The number of pyridine rings is 1. The minimum atomic E-state index is -0.242. The van der Waals surface area contributed by atoms with Crippen molar-refractivity contribution in [1.82, 2.24) is 14.9 Å². The second-order valence-corrected chi connectivity index (χ2v) is 8.85. The molecule has 0 aliphatic carbocycles. The Morgan fingerprint density at radius 3 is 3.00 bits per heavy atom. The second-order valence-electron chi connectivity index (χ2n) is 7.18. The molecule has 3 heterocycles. The first-order chi connectivity index (χ1) is 14.6. The van der Waals surface area contributed by atoms with Crippen molar-refractivity contribution in [3.63, 3.8) is 0 Å². The molecule has 2 aromatic heterocycles. The lowest BCUT2D eigenvalue weighted by Crippen LogP contribution is -2.42. The molecule has 0 radical (unpaired) electrons. The van der Waals surface area contributed by atoms with Gasteiger partial charge in [-0.05, 0) is 43.2 Å². The minimum Gasteiger partial charge on any atom is -0.368 e. The van der Waals surface area contributed by atoms with Crippen LogP contribution >= 0.6 is 22.9 Å². The van der Waals surface area contributed by atoms with E-state index in [0.29, 0.717) is 37.6 Å². The summed E-state index contributed by atoms with van der Waals surface area (Å²) in [5.41, 5.74) is 1.87. The van der Waals surface area contributed by atoms with Gasteiger partial charge in [0.15, 0.2) is 5.13 Å².